The molecule has 1 rings (SSSR count). The van der Waals surface area contributed by atoms with Crippen LogP contribution in [0.25, 0.3) is 0 Å². The lowest BCUT2D eigenvalue weighted by molar-refractivity contribution is 0.622. The van der Waals surface area contributed by atoms with Crippen LogP contribution in [0.4, 0.5) is 0 Å². The Morgan fingerprint density at radius 2 is 2.33 bits per heavy atom. The van der Waals surface area contributed by atoms with Gasteiger partial charge in [0.25, 0.3) is 0 Å². The van der Waals surface area contributed by atoms with E-state index in [-0.39, 0.29) is 6.04 Å². The van der Waals surface area contributed by atoms with Gasteiger partial charge < -0.3 is 5.73 Å². The highest BCUT2D eigenvalue weighted by atomic mass is 32.1. The highest BCUT2D eigenvalue weighted by molar-refractivity contribution is 7.07. The van der Waals surface area contributed by atoms with Crippen LogP contribution < -0.4 is 5.73 Å². The summed E-state index contributed by atoms with van der Waals surface area (Å²) in [5, 5.41) is 4.22. The molecule has 1 heterocycles. The molecular weight excluding hydrogens is 166 g/mol. The summed E-state index contributed by atoms with van der Waals surface area (Å²) in [6.07, 6.45) is 2.20. The van der Waals surface area contributed by atoms with Crippen LogP contribution in [0, 0.1) is 5.92 Å². The predicted molar refractivity (Wildman–Crippen MR) is 55.1 cm³/mol. The van der Waals surface area contributed by atoms with Crippen molar-refractivity contribution >= 4 is 11.3 Å². The third-order valence-corrected chi connectivity index (χ3v) is 2.63. The Morgan fingerprint density at radius 1 is 1.58 bits per heavy atom. The van der Waals surface area contributed by atoms with Crippen molar-refractivity contribution in [2.24, 2.45) is 5.73 Å². The topological polar surface area (TPSA) is 26.0 Å². The summed E-state index contributed by atoms with van der Waals surface area (Å²) in [6, 6.07) is 2.34. The third kappa shape index (κ3) is 2.95. The monoisotopic (exact) mass is 182 g/mol. The Labute approximate surface area is 78.6 Å². The Morgan fingerprint density at radius 3 is 2.83 bits per heavy atom. The molecule has 12 heavy (non-hydrogen) atoms. The highest BCUT2D eigenvalue weighted by Gasteiger charge is 2.06. The quantitative estimate of drug-likeness (QED) is 0.760. The number of rotatable bonds is 4. The van der Waals surface area contributed by atoms with Crippen molar-refractivity contribution in [3.05, 3.63) is 28.3 Å². The summed E-state index contributed by atoms with van der Waals surface area (Å²) in [5.74, 6) is 1.46. The average Bonchev–Trinajstić information content (AvgIpc) is 2.51. The van der Waals surface area contributed by atoms with Crippen molar-refractivity contribution < 1.29 is 0 Å². The van der Waals surface area contributed by atoms with Gasteiger partial charge in [0.05, 0.1) is 0 Å². The molecule has 0 aliphatic rings. The summed E-state index contributed by atoms with van der Waals surface area (Å²) in [4.78, 5) is 0. The summed E-state index contributed by atoms with van der Waals surface area (Å²) in [5.41, 5.74) is 7.26. The van der Waals surface area contributed by atoms with E-state index in [1.807, 2.05) is 0 Å². The lowest BCUT2D eigenvalue weighted by Gasteiger charge is -2.10. The molecule has 0 spiro atoms. The lowest BCUT2D eigenvalue weighted by atomic mass is 10.0. The molecule has 0 amide bonds. The molecule has 1 nitrogen and oxygen atoms in total. The van der Waals surface area contributed by atoms with Gasteiger partial charge in [0.2, 0.25) is 0 Å². The van der Waals surface area contributed by atoms with Gasteiger partial charge in [0, 0.05) is 6.04 Å². The van der Waals surface area contributed by atoms with Gasteiger partial charge in [-0.2, -0.15) is 11.3 Å². The van der Waals surface area contributed by atoms with E-state index in [1.165, 1.54) is 11.5 Å². The molecule has 0 bridgehead atoms. The highest BCUT2D eigenvalue weighted by Crippen LogP contribution is 2.20. The number of thiophene rings is 1. The van der Waals surface area contributed by atoms with Crippen LogP contribution in [0.5, 0.6) is 0 Å². The van der Waals surface area contributed by atoms with Crippen LogP contribution in [0.1, 0.15) is 38.3 Å². The summed E-state index contributed by atoms with van der Waals surface area (Å²) < 4.78 is 0. The SMILES string of the molecule is C[C](C)CCC(N)c1ccsc1. The molecule has 0 aliphatic heterocycles. The van der Waals surface area contributed by atoms with Gasteiger partial charge >= 0.3 is 0 Å². The molecule has 0 aliphatic carbocycles. The molecule has 0 aromatic carbocycles. The van der Waals surface area contributed by atoms with E-state index >= 15 is 0 Å². The standard InChI is InChI=1S/C10H16NS/c1-8(2)3-4-10(11)9-5-6-12-7-9/h5-7,10H,3-4,11H2,1-2H3. The lowest BCUT2D eigenvalue weighted by Crippen LogP contribution is -2.09. The van der Waals surface area contributed by atoms with E-state index in [2.05, 4.69) is 30.7 Å². The van der Waals surface area contributed by atoms with E-state index in [0.717, 1.165) is 12.8 Å². The fraction of sp³-hybridized carbons (Fsp3) is 0.500. The van der Waals surface area contributed by atoms with Crippen molar-refractivity contribution in [2.75, 3.05) is 0 Å². The Balaban J connectivity index is 2.34. The maximum Gasteiger partial charge on any atom is 0.0303 e. The number of nitrogens with two attached hydrogens (primary N) is 1. The van der Waals surface area contributed by atoms with Crippen LogP contribution in [0.2, 0.25) is 0 Å². The van der Waals surface area contributed by atoms with E-state index in [4.69, 9.17) is 5.73 Å². The zero-order valence-corrected chi connectivity index (χ0v) is 8.53. The minimum absolute atomic E-state index is 0.228. The van der Waals surface area contributed by atoms with E-state index < -0.39 is 0 Å². The normalized spacial score (nSPS) is 13.7. The Kier molecular flexibility index (Phi) is 3.76. The van der Waals surface area contributed by atoms with Gasteiger partial charge in [-0.15, -0.1) is 0 Å². The van der Waals surface area contributed by atoms with Crippen molar-refractivity contribution in [2.45, 2.75) is 32.7 Å². The average molecular weight is 182 g/mol. The second kappa shape index (κ2) is 4.63. The molecule has 0 saturated heterocycles. The van der Waals surface area contributed by atoms with E-state index in [9.17, 15) is 0 Å². The zero-order valence-electron chi connectivity index (χ0n) is 7.71. The van der Waals surface area contributed by atoms with Crippen molar-refractivity contribution in [3.8, 4) is 0 Å². The molecule has 1 aromatic heterocycles. The Hall–Kier alpha value is -0.340. The first-order valence-electron chi connectivity index (χ1n) is 4.27. The maximum atomic E-state index is 5.98. The van der Waals surface area contributed by atoms with Gasteiger partial charge in [-0.25, -0.2) is 0 Å². The molecule has 1 aromatic rings. The first-order valence-corrected chi connectivity index (χ1v) is 5.21. The van der Waals surface area contributed by atoms with E-state index in [0.29, 0.717) is 0 Å². The first-order chi connectivity index (χ1) is 5.70. The molecule has 0 fully saturated rings. The predicted octanol–water partition coefficient (Wildman–Crippen LogP) is 3.14. The first kappa shape index (κ1) is 9.75. The summed E-state index contributed by atoms with van der Waals surface area (Å²) >= 11 is 1.72. The molecule has 1 unspecified atom stereocenters. The van der Waals surface area contributed by atoms with Crippen LogP contribution in [-0.2, 0) is 0 Å². The van der Waals surface area contributed by atoms with E-state index in [1.54, 1.807) is 11.3 Å². The third-order valence-electron chi connectivity index (χ3n) is 1.93. The second-order valence-electron chi connectivity index (χ2n) is 3.41. The molecule has 0 saturated carbocycles. The minimum Gasteiger partial charge on any atom is -0.324 e. The van der Waals surface area contributed by atoms with Crippen molar-refractivity contribution in [1.82, 2.24) is 0 Å². The zero-order chi connectivity index (χ0) is 8.97. The second-order valence-corrected chi connectivity index (χ2v) is 4.19. The molecule has 1 atom stereocenters. The summed E-state index contributed by atoms with van der Waals surface area (Å²) in [6.45, 7) is 4.31. The maximum absolute atomic E-state index is 5.98. The van der Waals surface area contributed by atoms with Crippen molar-refractivity contribution in [1.29, 1.82) is 0 Å². The van der Waals surface area contributed by atoms with Crippen molar-refractivity contribution in [3.63, 3.8) is 0 Å². The number of hydrogen-bond donors (Lipinski definition) is 1. The largest absolute Gasteiger partial charge is 0.324 e. The molecular formula is C10H16NS. The van der Waals surface area contributed by atoms with Gasteiger partial charge in [-0.3, -0.25) is 0 Å². The minimum atomic E-state index is 0.228. The smallest absolute Gasteiger partial charge is 0.0303 e. The van der Waals surface area contributed by atoms with Gasteiger partial charge in [0.15, 0.2) is 0 Å². The van der Waals surface area contributed by atoms with Crippen LogP contribution >= 0.6 is 11.3 Å². The van der Waals surface area contributed by atoms with Crippen LogP contribution in [0.3, 0.4) is 0 Å². The molecule has 2 heteroatoms. The Bertz CT molecular complexity index is 204. The number of hydrogen-bond acceptors (Lipinski definition) is 2. The van der Waals surface area contributed by atoms with Gasteiger partial charge in [-0.05, 0) is 41.1 Å². The van der Waals surface area contributed by atoms with Gasteiger partial charge in [0.1, 0.15) is 0 Å². The fourth-order valence-corrected chi connectivity index (χ4v) is 1.82. The molecule has 67 valence electrons. The fourth-order valence-electron chi connectivity index (χ4n) is 1.10. The van der Waals surface area contributed by atoms with Gasteiger partial charge in [-0.1, -0.05) is 13.8 Å². The van der Waals surface area contributed by atoms with Crippen LogP contribution in [-0.4, -0.2) is 0 Å². The molecule has 1 radical (unpaired) electrons. The summed E-state index contributed by atoms with van der Waals surface area (Å²) in [7, 11) is 0. The van der Waals surface area contributed by atoms with Crippen LogP contribution in [0.15, 0.2) is 16.8 Å². The molecule has 2 N–H and O–H groups in total.